The van der Waals surface area contributed by atoms with Crippen LogP contribution in [0.1, 0.15) is 58.1 Å². The van der Waals surface area contributed by atoms with Crippen LogP contribution in [-0.2, 0) is 9.53 Å². The number of amides is 1. The molecule has 1 aliphatic carbocycles. The van der Waals surface area contributed by atoms with E-state index >= 15 is 0 Å². The van der Waals surface area contributed by atoms with Crippen molar-refractivity contribution in [1.29, 1.82) is 0 Å². The van der Waals surface area contributed by atoms with E-state index in [0.29, 0.717) is 6.04 Å². The number of carbonyl (C=O) groups is 1. The van der Waals surface area contributed by atoms with Gasteiger partial charge in [0.2, 0.25) is 5.91 Å². The van der Waals surface area contributed by atoms with Gasteiger partial charge in [0, 0.05) is 25.0 Å². The molecule has 0 radical (unpaired) electrons. The first kappa shape index (κ1) is 19.9. The summed E-state index contributed by atoms with van der Waals surface area (Å²) in [7, 11) is 0. The molecule has 6 heteroatoms. The molecule has 27 heavy (non-hydrogen) atoms. The summed E-state index contributed by atoms with van der Waals surface area (Å²) in [5.74, 6) is 0.927. The number of anilines is 2. The molecule has 0 unspecified atom stereocenters. The van der Waals surface area contributed by atoms with Crippen LogP contribution in [0, 0.1) is 12.8 Å². The van der Waals surface area contributed by atoms with Crippen LogP contribution in [0.3, 0.4) is 0 Å². The van der Waals surface area contributed by atoms with Gasteiger partial charge in [0.25, 0.3) is 0 Å². The van der Waals surface area contributed by atoms with Crippen molar-refractivity contribution in [1.82, 2.24) is 4.98 Å². The summed E-state index contributed by atoms with van der Waals surface area (Å²) < 4.78 is 6.10. The van der Waals surface area contributed by atoms with E-state index in [0.717, 1.165) is 68.8 Å². The summed E-state index contributed by atoms with van der Waals surface area (Å²) in [4.78, 5) is 18.6. The minimum atomic E-state index is -0.156. The lowest BCUT2D eigenvalue weighted by molar-refractivity contribution is -0.122. The van der Waals surface area contributed by atoms with Crippen molar-refractivity contribution in [3.05, 3.63) is 17.8 Å². The van der Waals surface area contributed by atoms with Gasteiger partial charge in [0.1, 0.15) is 5.82 Å². The zero-order valence-electron chi connectivity index (χ0n) is 16.9. The fourth-order valence-electron chi connectivity index (χ4n) is 4.18. The van der Waals surface area contributed by atoms with Crippen LogP contribution in [-0.4, -0.2) is 42.2 Å². The van der Waals surface area contributed by atoms with E-state index in [-0.39, 0.29) is 24.0 Å². The Morgan fingerprint density at radius 3 is 2.33 bits per heavy atom. The van der Waals surface area contributed by atoms with E-state index in [9.17, 15) is 4.79 Å². The zero-order chi connectivity index (χ0) is 19.4. The van der Waals surface area contributed by atoms with Gasteiger partial charge < -0.3 is 20.7 Å². The molecule has 150 valence electrons. The van der Waals surface area contributed by atoms with Gasteiger partial charge in [0.15, 0.2) is 0 Å². The first-order valence-electron chi connectivity index (χ1n) is 10.4. The molecule has 1 amide bonds. The highest BCUT2D eigenvalue weighted by Gasteiger charge is 2.27. The second-order valence-corrected chi connectivity index (χ2v) is 8.00. The van der Waals surface area contributed by atoms with E-state index in [1.807, 2.05) is 0 Å². The van der Waals surface area contributed by atoms with Gasteiger partial charge >= 0.3 is 0 Å². The van der Waals surface area contributed by atoms with Gasteiger partial charge in [-0.1, -0.05) is 13.8 Å². The summed E-state index contributed by atoms with van der Waals surface area (Å²) in [6.07, 6.45) is 6.33. The zero-order valence-corrected chi connectivity index (χ0v) is 16.9. The predicted octanol–water partition coefficient (Wildman–Crippen LogP) is 3.24. The average Bonchev–Trinajstić information content (AvgIpc) is 2.69. The van der Waals surface area contributed by atoms with Gasteiger partial charge in [0.05, 0.1) is 23.6 Å². The number of pyridine rings is 1. The fraction of sp³-hybridized carbons (Fsp3) is 0.714. The number of hydrogen-bond acceptors (Lipinski definition) is 5. The molecule has 3 N–H and O–H groups in total. The Kier molecular flexibility index (Phi) is 6.58. The summed E-state index contributed by atoms with van der Waals surface area (Å²) in [6, 6.07) is 4.66. The fourth-order valence-corrected chi connectivity index (χ4v) is 4.18. The van der Waals surface area contributed by atoms with Crippen LogP contribution >= 0.6 is 0 Å². The second-order valence-electron chi connectivity index (χ2n) is 8.00. The lowest BCUT2D eigenvalue weighted by Crippen LogP contribution is -2.47. The highest BCUT2D eigenvalue weighted by molar-refractivity contribution is 5.76. The number of carbonyl (C=O) groups excluding carboxylic acids is 1. The molecule has 6 nitrogen and oxygen atoms in total. The quantitative estimate of drug-likeness (QED) is 0.799. The molecule has 2 fully saturated rings. The molecule has 1 aliphatic heterocycles. The Morgan fingerprint density at radius 2 is 1.81 bits per heavy atom. The van der Waals surface area contributed by atoms with E-state index in [2.05, 4.69) is 43.1 Å². The number of aryl methyl sites for hydroxylation is 1. The van der Waals surface area contributed by atoms with Crippen molar-refractivity contribution in [3.8, 4) is 0 Å². The number of nitrogens with one attached hydrogen (secondary N) is 1. The molecule has 1 saturated carbocycles. The van der Waals surface area contributed by atoms with Crippen molar-refractivity contribution < 1.29 is 9.53 Å². The number of primary amides is 1. The number of nitrogens with zero attached hydrogens (tertiary/aromatic N) is 2. The van der Waals surface area contributed by atoms with Crippen LogP contribution in [0.4, 0.5) is 11.5 Å². The summed E-state index contributed by atoms with van der Waals surface area (Å²) >= 11 is 0. The topological polar surface area (TPSA) is 80.5 Å². The van der Waals surface area contributed by atoms with Crippen molar-refractivity contribution in [3.63, 3.8) is 0 Å². The Bertz CT molecular complexity index is 631. The van der Waals surface area contributed by atoms with E-state index in [1.54, 1.807) is 0 Å². The Labute approximate surface area is 162 Å². The van der Waals surface area contributed by atoms with Gasteiger partial charge in [-0.3, -0.25) is 4.79 Å². The molecule has 3 rings (SSSR count). The molecular weight excluding hydrogens is 340 g/mol. The molecule has 0 bridgehead atoms. The third kappa shape index (κ3) is 4.92. The predicted molar refractivity (Wildman–Crippen MR) is 109 cm³/mol. The summed E-state index contributed by atoms with van der Waals surface area (Å²) in [6.45, 7) is 8.24. The van der Waals surface area contributed by atoms with Crippen molar-refractivity contribution >= 4 is 17.4 Å². The van der Waals surface area contributed by atoms with Crippen molar-refractivity contribution in [2.24, 2.45) is 11.7 Å². The van der Waals surface area contributed by atoms with Crippen LogP contribution in [0.5, 0.6) is 0 Å². The number of aromatic nitrogens is 1. The van der Waals surface area contributed by atoms with Crippen molar-refractivity contribution in [2.75, 3.05) is 23.3 Å². The van der Waals surface area contributed by atoms with Crippen molar-refractivity contribution in [2.45, 2.75) is 77.5 Å². The maximum atomic E-state index is 11.3. The van der Waals surface area contributed by atoms with E-state index in [1.165, 1.54) is 0 Å². The molecule has 2 aliphatic rings. The Hall–Kier alpha value is -1.82. The molecule has 1 saturated heterocycles. The largest absolute Gasteiger partial charge is 0.381 e. The smallest absolute Gasteiger partial charge is 0.220 e. The normalized spacial score (nSPS) is 28.8. The summed E-state index contributed by atoms with van der Waals surface area (Å²) in [5.41, 5.74) is 7.55. The average molecular weight is 375 g/mol. The first-order chi connectivity index (χ1) is 13.0. The third-order valence-corrected chi connectivity index (χ3v) is 6.03. The lowest BCUT2D eigenvalue weighted by atomic mass is 9.85. The highest BCUT2D eigenvalue weighted by Crippen LogP contribution is 2.29. The van der Waals surface area contributed by atoms with Crippen LogP contribution in [0.15, 0.2) is 12.1 Å². The number of ether oxygens (including phenoxy) is 1. The molecular formula is C21H34N4O2. The second kappa shape index (κ2) is 8.91. The molecule has 1 aromatic rings. The molecule has 0 spiro atoms. The van der Waals surface area contributed by atoms with Gasteiger partial charge in [-0.15, -0.1) is 0 Å². The number of morpholine rings is 1. The minimum absolute atomic E-state index is 0.0454. The standard InChI is InChI=1S/C21H34N4O2/c1-4-17-12-25(13-18(5-2)27-17)20-11-10-19(14(3)23-20)24-16-8-6-15(7-9-16)21(22)26/h10-11,15-18,24H,4-9,12-13H2,1-3H3,(H2,22,26)/t15?,16?,17-,18+. The number of nitrogens with two attached hydrogens (primary N) is 1. The maximum Gasteiger partial charge on any atom is 0.220 e. The third-order valence-electron chi connectivity index (χ3n) is 6.03. The molecule has 0 aromatic carbocycles. The molecule has 2 heterocycles. The SMILES string of the molecule is CC[C@@H]1CN(c2ccc(NC3CCC(C(N)=O)CC3)c(C)n2)C[C@H](CC)O1. The first-order valence-corrected chi connectivity index (χ1v) is 10.4. The number of rotatable bonds is 6. The van der Waals surface area contributed by atoms with Crippen LogP contribution in [0.25, 0.3) is 0 Å². The monoisotopic (exact) mass is 374 g/mol. The Balaban J connectivity index is 1.63. The molecule has 2 atom stereocenters. The van der Waals surface area contributed by atoms with E-state index in [4.69, 9.17) is 15.5 Å². The summed E-state index contributed by atoms with van der Waals surface area (Å²) in [5, 5.41) is 3.62. The van der Waals surface area contributed by atoms with Gasteiger partial charge in [-0.2, -0.15) is 0 Å². The molecule has 1 aromatic heterocycles. The maximum absolute atomic E-state index is 11.3. The minimum Gasteiger partial charge on any atom is -0.381 e. The van der Waals surface area contributed by atoms with Crippen LogP contribution in [0.2, 0.25) is 0 Å². The van der Waals surface area contributed by atoms with Gasteiger partial charge in [-0.05, 0) is 57.6 Å². The van der Waals surface area contributed by atoms with E-state index < -0.39 is 0 Å². The lowest BCUT2D eigenvalue weighted by Gasteiger charge is -2.38. The van der Waals surface area contributed by atoms with Gasteiger partial charge in [-0.25, -0.2) is 4.98 Å². The Morgan fingerprint density at radius 1 is 1.19 bits per heavy atom. The highest BCUT2D eigenvalue weighted by atomic mass is 16.5. The van der Waals surface area contributed by atoms with Crippen LogP contribution < -0.4 is 16.0 Å². The number of hydrogen-bond donors (Lipinski definition) is 2.